The van der Waals surface area contributed by atoms with Crippen LogP contribution in [0.25, 0.3) is 0 Å². The molecule has 0 unspecified atom stereocenters. The van der Waals surface area contributed by atoms with Gasteiger partial charge in [-0.15, -0.1) is 11.8 Å². The molecule has 0 bridgehead atoms. The second-order valence-corrected chi connectivity index (χ2v) is 6.57. The monoisotopic (exact) mass is 361 g/mol. The van der Waals surface area contributed by atoms with Crippen LogP contribution < -0.4 is 4.74 Å². The van der Waals surface area contributed by atoms with Crippen molar-refractivity contribution in [1.82, 2.24) is 0 Å². The molecule has 0 amide bonds. The van der Waals surface area contributed by atoms with E-state index in [1.54, 1.807) is 25.3 Å². The van der Waals surface area contributed by atoms with E-state index in [1.807, 2.05) is 24.5 Å². The number of hydrogen-bond donors (Lipinski definition) is 0. The highest BCUT2D eigenvalue weighted by Crippen LogP contribution is 2.28. The van der Waals surface area contributed by atoms with E-state index >= 15 is 0 Å². The van der Waals surface area contributed by atoms with Crippen LogP contribution in [-0.2, 0) is 11.3 Å². The standard InChI is InChI=1S/C18H16ClNO3S/c1-22-13-5-6-14-11(9-13)3-7-16(14)20-23-18(21)15-10-12(19)4-8-17(15)24-2/h4-6,8-10H,3,7H2,1-2H3. The summed E-state index contributed by atoms with van der Waals surface area (Å²) in [5.74, 6) is 0.312. The van der Waals surface area contributed by atoms with Crippen molar-refractivity contribution < 1.29 is 14.4 Å². The summed E-state index contributed by atoms with van der Waals surface area (Å²) in [7, 11) is 1.64. The Kier molecular flexibility index (Phi) is 5.11. The van der Waals surface area contributed by atoms with Gasteiger partial charge in [-0.25, -0.2) is 4.79 Å². The maximum absolute atomic E-state index is 12.3. The number of rotatable bonds is 4. The normalized spacial score (nSPS) is 14.5. The average molecular weight is 362 g/mol. The highest BCUT2D eigenvalue weighted by molar-refractivity contribution is 7.98. The van der Waals surface area contributed by atoms with E-state index in [0.717, 1.165) is 40.3 Å². The van der Waals surface area contributed by atoms with E-state index in [9.17, 15) is 4.79 Å². The summed E-state index contributed by atoms with van der Waals surface area (Å²) in [5.41, 5.74) is 3.34. The Hall–Kier alpha value is -1.98. The van der Waals surface area contributed by atoms with Gasteiger partial charge in [0.2, 0.25) is 0 Å². The molecule has 0 fully saturated rings. The van der Waals surface area contributed by atoms with E-state index in [4.69, 9.17) is 21.2 Å². The third-order valence-corrected chi connectivity index (χ3v) is 4.91. The first-order valence-electron chi connectivity index (χ1n) is 7.41. The van der Waals surface area contributed by atoms with E-state index < -0.39 is 5.97 Å². The minimum absolute atomic E-state index is 0.423. The fraction of sp³-hybridized carbons (Fsp3) is 0.222. The SMILES string of the molecule is COc1ccc2c(c1)CCC2=NOC(=O)c1cc(Cl)ccc1SC. The Morgan fingerprint density at radius 1 is 1.21 bits per heavy atom. The number of oxime groups is 1. The van der Waals surface area contributed by atoms with Gasteiger partial charge >= 0.3 is 5.97 Å². The summed E-state index contributed by atoms with van der Waals surface area (Å²) in [6, 6.07) is 11.0. The molecule has 3 rings (SSSR count). The number of nitrogens with zero attached hydrogens (tertiary/aromatic N) is 1. The van der Waals surface area contributed by atoms with Gasteiger partial charge in [-0.1, -0.05) is 16.8 Å². The lowest BCUT2D eigenvalue weighted by atomic mass is 10.1. The number of halogens is 1. The summed E-state index contributed by atoms with van der Waals surface area (Å²) >= 11 is 7.44. The van der Waals surface area contributed by atoms with Crippen LogP contribution in [0.3, 0.4) is 0 Å². The van der Waals surface area contributed by atoms with Gasteiger partial charge in [-0.3, -0.25) is 0 Å². The van der Waals surface area contributed by atoms with Crippen LogP contribution >= 0.6 is 23.4 Å². The molecule has 1 aliphatic rings. The van der Waals surface area contributed by atoms with Crippen LogP contribution in [0.5, 0.6) is 5.75 Å². The number of carbonyl (C=O) groups is 1. The number of thioether (sulfide) groups is 1. The summed E-state index contributed by atoms with van der Waals surface area (Å²) in [5, 5.41) is 4.57. The van der Waals surface area contributed by atoms with Crippen molar-refractivity contribution in [1.29, 1.82) is 0 Å². The summed E-state index contributed by atoms with van der Waals surface area (Å²) in [4.78, 5) is 18.3. The van der Waals surface area contributed by atoms with Gasteiger partial charge in [0.15, 0.2) is 0 Å². The highest BCUT2D eigenvalue weighted by Gasteiger charge is 2.20. The van der Waals surface area contributed by atoms with Crippen molar-refractivity contribution in [3.8, 4) is 5.75 Å². The van der Waals surface area contributed by atoms with Gasteiger partial charge in [0.25, 0.3) is 0 Å². The smallest absolute Gasteiger partial charge is 0.366 e. The minimum Gasteiger partial charge on any atom is -0.497 e. The molecule has 0 atom stereocenters. The Morgan fingerprint density at radius 2 is 2.04 bits per heavy atom. The molecular weight excluding hydrogens is 346 g/mol. The molecule has 0 radical (unpaired) electrons. The number of aryl methyl sites for hydroxylation is 1. The van der Waals surface area contributed by atoms with Gasteiger partial charge in [0, 0.05) is 15.5 Å². The lowest BCUT2D eigenvalue weighted by molar-refractivity contribution is 0.0512. The highest BCUT2D eigenvalue weighted by atomic mass is 35.5. The molecule has 0 N–H and O–H groups in total. The van der Waals surface area contributed by atoms with E-state index in [1.165, 1.54) is 11.8 Å². The number of carbonyl (C=O) groups excluding carboxylic acids is 1. The molecule has 0 aromatic heterocycles. The van der Waals surface area contributed by atoms with Gasteiger partial charge in [0.05, 0.1) is 18.4 Å². The van der Waals surface area contributed by atoms with Gasteiger partial charge in [-0.05, 0) is 61.1 Å². The van der Waals surface area contributed by atoms with Crippen molar-refractivity contribution in [3.63, 3.8) is 0 Å². The maximum atomic E-state index is 12.3. The number of benzene rings is 2. The lowest BCUT2D eigenvalue weighted by Crippen LogP contribution is -2.05. The molecular formula is C18H16ClNO3S. The van der Waals surface area contributed by atoms with Crippen molar-refractivity contribution in [2.24, 2.45) is 5.16 Å². The number of hydrogen-bond acceptors (Lipinski definition) is 5. The van der Waals surface area contributed by atoms with E-state index in [0.29, 0.717) is 10.6 Å². The van der Waals surface area contributed by atoms with Gasteiger partial charge in [-0.2, -0.15) is 0 Å². The molecule has 2 aromatic carbocycles. The van der Waals surface area contributed by atoms with E-state index in [-0.39, 0.29) is 0 Å². The average Bonchev–Trinajstić information content (AvgIpc) is 3.01. The van der Waals surface area contributed by atoms with Crippen molar-refractivity contribution >= 4 is 35.0 Å². The second-order valence-electron chi connectivity index (χ2n) is 5.28. The molecule has 0 spiro atoms. The van der Waals surface area contributed by atoms with Crippen LogP contribution in [0, 0.1) is 0 Å². The Labute approximate surface area is 149 Å². The second kappa shape index (κ2) is 7.28. The predicted octanol–water partition coefficient (Wildman–Crippen LogP) is 4.58. The molecule has 0 aliphatic heterocycles. The zero-order valence-electron chi connectivity index (χ0n) is 13.3. The predicted molar refractivity (Wildman–Crippen MR) is 96.5 cm³/mol. The molecule has 0 heterocycles. The maximum Gasteiger partial charge on any atom is 0.366 e. The Balaban J connectivity index is 1.81. The van der Waals surface area contributed by atoms with Crippen molar-refractivity contribution in [2.75, 3.05) is 13.4 Å². The molecule has 6 heteroatoms. The number of fused-ring (bicyclic) bond motifs is 1. The molecule has 1 aliphatic carbocycles. The first kappa shape index (κ1) is 16.9. The third-order valence-electron chi connectivity index (χ3n) is 3.87. The molecule has 124 valence electrons. The van der Waals surface area contributed by atoms with Crippen LogP contribution in [0.2, 0.25) is 5.02 Å². The van der Waals surface area contributed by atoms with Crippen LogP contribution in [0.4, 0.5) is 0 Å². The third kappa shape index (κ3) is 3.42. The zero-order chi connectivity index (χ0) is 17.1. The van der Waals surface area contributed by atoms with Crippen molar-refractivity contribution in [3.05, 3.63) is 58.1 Å². The summed E-state index contributed by atoms with van der Waals surface area (Å²) in [6.07, 6.45) is 3.49. The lowest BCUT2D eigenvalue weighted by Gasteiger charge is -2.06. The van der Waals surface area contributed by atoms with Gasteiger partial charge < -0.3 is 9.57 Å². The van der Waals surface area contributed by atoms with Crippen molar-refractivity contribution in [2.45, 2.75) is 17.7 Å². The van der Waals surface area contributed by atoms with Crippen LogP contribution in [0.15, 0.2) is 46.4 Å². The number of ether oxygens (including phenoxy) is 1. The summed E-state index contributed by atoms with van der Waals surface area (Å²) < 4.78 is 5.23. The zero-order valence-corrected chi connectivity index (χ0v) is 14.9. The molecule has 4 nitrogen and oxygen atoms in total. The van der Waals surface area contributed by atoms with Crippen LogP contribution in [0.1, 0.15) is 27.9 Å². The molecule has 0 saturated heterocycles. The fourth-order valence-electron chi connectivity index (χ4n) is 2.65. The Bertz CT molecular complexity index is 820. The largest absolute Gasteiger partial charge is 0.497 e. The molecule has 2 aromatic rings. The molecule has 0 saturated carbocycles. The summed E-state index contributed by atoms with van der Waals surface area (Å²) in [6.45, 7) is 0. The van der Waals surface area contributed by atoms with E-state index in [2.05, 4.69) is 5.16 Å². The quantitative estimate of drug-likeness (QED) is 0.454. The topological polar surface area (TPSA) is 47.9 Å². The fourth-order valence-corrected chi connectivity index (χ4v) is 3.39. The van der Waals surface area contributed by atoms with Gasteiger partial charge in [0.1, 0.15) is 5.75 Å². The number of methoxy groups -OCH3 is 1. The molecule has 24 heavy (non-hydrogen) atoms. The first-order valence-corrected chi connectivity index (χ1v) is 9.01. The van der Waals surface area contributed by atoms with Crippen LogP contribution in [-0.4, -0.2) is 25.0 Å². The first-order chi connectivity index (χ1) is 11.6. The minimum atomic E-state index is -0.503. The Morgan fingerprint density at radius 3 is 2.79 bits per heavy atom.